The Labute approximate surface area is 708 Å². The summed E-state index contributed by atoms with van der Waals surface area (Å²) in [6.07, 6.45) is 23.7. The summed E-state index contributed by atoms with van der Waals surface area (Å²) in [5.41, 5.74) is 5.65. The van der Waals surface area contributed by atoms with Gasteiger partial charge in [0.1, 0.15) is 64.8 Å². The van der Waals surface area contributed by atoms with Gasteiger partial charge < -0.3 is 78.7 Å². The summed E-state index contributed by atoms with van der Waals surface area (Å²) < 4.78 is 12.5. The third-order valence-corrected chi connectivity index (χ3v) is 21.9. The summed E-state index contributed by atoms with van der Waals surface area (Å²) in [4.78, 5) is 222. The van der Waals surface area contributed by atoms with Gasteiger partial charge in [0.05, 0.1) is 73.1 Å². The van der Waals surface area contributed by atoms with E-state index in [9.17, 15) is 71.9 Å². The number of rotatable bonds is 45. The van der Waals surface area contributed by atoms with Crippen LogP contribution in [0.25, 0.3) is 0 Å². The maximum absolute atomic E-state index is 13.9. The van der Waals surface area contributed by atoms with E-state index in [4.69, 9.17) is 0 Å². The second-order valence-corrected chi connectivity index (χ2v) is 32.6. The molecule has 8 aromatic heterocycles. The monoisotopic (exact) mass is 1690 g/mol. The van der Waals surface area contributed by atoms with Crippen LogP contribution in [0.4, 0.5) is 23.0 Å². The van der Waals surface area contributed by atoms with Crippen LogP contribution in [-0.4, -0.2) is 223 Å². The number of carbonyl (C=O) groups is 15. The van der Waals surface area contributed by atoms with E-state index in [1.54, 1.807) is 127 Å². The molecular formula is C85H103N23O15+2. The highest BCUT2D eigenvalue weighted by Gasteiger charge is 2.57. The lowest BCUT2D eigenvalue weighted by Gasteiger charge is -2.36. The van der Waals surface area contributed by atoms with Crippen LogP contribution in [0.2, 0.25) is 0 Å². The van der Waals surface area contributed by atoms with E-state index in [-0.39, 0.29) is 186 Å². The fourth-order valence-corrected chi connectivity index (χ4v) is 16.0. The summed E-state index contributed by atoms with van der Waals surface area (Å²) >= 11 is 0. The fourth-order valence-electron chi connectivity index (χ4n) is 16.0. The number of likely N-dealkylation sites (N-methyl/N-ethyl adjacent to an activating group) is 2. The van der Waals surface area contributed by atoms with Crippen LogP contribution in [0, 0.1) is 0 Å². The largest absolute Gasteiger partial charge is 0.351 e. The van der Waals surface area contributed by atoms with Gasteiger partial charge in [0.2, 0.25) is 46.9 Å². The first kappa shape index (κ1) is 88.7. The number of imidazole rings is 5. The number of amides is 7. The Morgan fingerprint density at radius 2 is 0.878 bits per heavy atom. The van der Waals surface area contributed by atoms with Crippen molar-refractivity contribution in [2.45, 2.75) is 128 Å². The molecule has 6 aliphatic rings. The molecule has 6 aliphatic heterocycles. The van der Waals surface area contributed by atoms with Gasteiger partial charge in [-0.2, -0.15) is 0 Å². The van der Waals surface area contributed by atoms with Crippen LogP contribution >= 0.6 is 0 Å². The van der Waals surface area contributed by atoms with Crippen molar-refractivity contribution in [3.05, 3.63) is 184 Å². The Morgan fingerprint density at radius 1 is 0.390 bits per heavy atom. The average Bonchev–Trinajstić information content (AvgIpc) is 1.56. The molecule has 0 spiro atoms. The quantitative estimate of drug-likeness (QED) is 0.0152. The van der Waals surface area contributed by atoms with Gasteiger partial charge in [-0.15, -0.1) is 0 Å². The zero-order chi connectivity index (χ0) is 88.8. The van der Waals surface area contributed by atoms with E-state index in [1.807, 2.05) is 33.5 Å². The molecule has 0 aromatic carbocycles. The van der Waals surface area contributed by atoms with E-state index >= 15 is 0 Å². The van der Waals surface area contributed by atoms with Crippen molar-refractivity contribution in [2.24, 2.45) is 56.4 Å². The van der Waals surface area contributed by atoms with E-state index in [0.717, 1.165) is 30.5 Å². The normalized spacial score (nSPS) is 16.5. The van der Waals surface area contributed by atoms with Crippen molar-refractivity contribution < 1.29 is 80.9 Å². The van der Waals surface area contributed by atoms with Gasteiger partial charge in [-0.05, 0) is 76.5 Å². The van der Waals surface area contributed by atoms with Crippen molar-refractivity contribution in [3.63, 3.8) is 0 Å². The van der Waals surface area contributed by atoms with E-state index in [2.05, 4.69) is 67.0 Å². The number of nitrogens with one attached hydrogen (secondary N) is 7. The second-order valence-electron chi connectivity index (χ2n) is 32.6. The first-order valence-electron chi connectivity index (χ1n) is 40.5. The number of ketones is 8. The molecule has 8 aromatic rings. The van der Waals surface area contributed by atoms with Gasteiger partial charge in [0.15, 0.2) is 46.7 Å². The minimum atomic E-state index is -0.742. The summed E-state index contributed by atoms with van der Waals surface area (Å²) in [7, 11) is 20.8. The summed E-state index contributed by atoms with van der Waals surface area (Å²) in [6, 6.07) is 3.48. The Hall–Kier alpha value is -13.6. The smallest absolute Gasteiger partial charge is 0.291 e. The SMILES string of the molecule is CC(=O)Nc1cn(C)c(C(=O)Nc2cc(C(=O)NCCC(=O)Nc3cn(C)c(C(=O)NC4=C[N+]5(C)C=C4C5C(=O)Nc4cc(C(=O)NCCCC(=O)Cc5cn(C)c(C(=O)Cc6cn(C)c(C(=O)Cc7cc(C(=O)CCCC(=O)Cc8cn(C)c(C(=O)CC9=C[N+]%10(C)C=C9C%10C(=O)CCCC(=O)CCCCN(C)C)n8)n(C)c7)n6)n5)n(C)c4)n3)n(C)c2)n1. The number of nitrogens with zero attached hydrogens (tertiary/aromatic N) is 16. The molecule has 0 aliphatic carbocycles. The van der Waals surface area contributed by atoms with Gasteiger partial charge >= 0.3 is 0 Å². The highest BCUT2D eigenvalue weighted by Crippen LogP contribution is 2.47. The highest BCUT2D eigenvalue weighted by molar-refractivity contribution is 6.05. The first-order chi connectivity index (χ1) is 58.3. The summed E-state index contributed by atoms with van der Waals surface area (Å²) in [6.45, 7) is 2.32. The van der Waals surface area contributed by atoms with E-state index in [1.165, 1.54) is 60.5 Å². The van der Waals surface area contributed by atoms with Crippen LogP contribution < -0.4 is 37.2 Å². The molecule has 646 valence electrons. The lowest BCUT2D eigenvalue weighted by Crippen LogP contribution is -2.54. The van der Waals surface area contributed by atoms with Crippen LogP contribution in [0.1, 0.15) is 198 Å². The molecule has 38 heteroatoms. The van der Waals surface area contributed by atoms with Crippen molar-refractivity contribution in [2.75, 3.05) is 69.1 Å². The standard InChI is InChI=1S/C85H101N23O15/c1-49(109)88-71-43-105(10)79(96-71)84(122)93-55-35-65(101(6)39-55)82(120)87-27-25-73(118)95-72-44-106(11)80(97-72)85(123)94-62-48-108(13)47-61(62)75(108)83(121)92-54-34-64(100(5)38-54)81(119)86-26-18-22-59(112)33-53-41-103(8)78(90-53)70(117)36-56-42-104(9)76(91-56)68(115)30-50-29-63(99(4)37-50)66(113)23-17-21-58(111)32-52-40-102(7)77(89-52)69(116)31-51-45-107(12)46-60(51)74(107)67(114)24-16-20-57(110)19-14-15-28-98(2)3/h29,34-35,37-48,74-75H,14-28,30-33,36H2,1-13H3,(H5-2,86,87,88,92,93,94,95,109,118,119,120,121,122,123)/p+2. The molecule has 0 fully saturated rings. The molecular weight excluding hydrogens is 1580 g/mol. The Morgan fingerprint density at radius 3 is 1.47 bits per heavy atom. The van der Waals surface area contributed by atoms with Gasteiger partial charge in [-0.1, -0.05) is 0 Å². The number of quaternary nitrogens is 2. The molecule has 123 heavy (non-hydrogen) atoms. The molecule has 0 radical (unpaired) electrons. The zero-order valence-electron chi connectivity index (χ0n) is 71.2. The number of hydrogen-bond donors (Lipinski definition) is 7. The Balaban J connectivity index is 0.519. The van der Waals surface area contributed by atoms with E-state index in [0.29, 0.717) is 87.6 Å². The molecule has 7 N–H and O–H groups in total. The number of hydrogen-bond acceptors (Lipinski definition) is 21. The molecule has 4 atom stereocenters. The number of aromatic nitrogens is 13. The predicted octanol–water partition coefficient (Wildman–Crippen LogP) is 4.84. The maximum atomic E-state index is 13.9. The van der Waals surface area contributed by atoms with Crippen LogP contribution in [0.3, 0.4) is 0 Å². The third-order valence-electron chi connectivity index (χ3n) is 21.9. The number of anilines is 4. The van der Waals surface area contributed by atoms with Crippen molar-refractivity contribution >= 4 is 111 Å². The van der Waals surface area contributed by atoms with Crippen LogP contribution in [-0.2, 0) is 116 Å². The fraction of sp³-hybridized carbons (Fsp3) is 0.412. The molecule has 0 saturated heterocycles. The first-order valence-corrected chi connectivity index (χ1v) is 40.5. The van der Waals surface area contributed by atoms with E-state index < -0.39 is 47.3 Å². The Kier molecular flexibility index (Phi) is 26.8. The highest BCUT2D eigenvalue weighted by atomic mass is 16.2. The summed E-state index contributed by atoms with van der Waals surface area (Å²) in [5, 5.41) is 19.0. The van der Waals surface area contributed by atoms with Crippen LogP contribution in [0.5, 0.6) is 0 Å². The lowest BCUT2D eigenvalue weighted by molar-refractivity contribution is -0.830. The van der Waals surface area contributed by atoms with Gasteiger partial charge in [-0.25, -0.2) is 24.9 Å². The molecule has 7 amide bonds. The average molecular weight is 1690 g/mol. The van der Waals surface area contributed by atoms with Gasteiger partial charge in [-0.3, -0.25) is 80.9 Å². The van der Waals surface area contributed by atoms with Gasteiger partial charge in [0, 0.05) is 189 Å². The topological polar surface area (TPSA) is 447 Å². The molecule has 4 unspecified atom stereocenters. The Bertz CT molecular complexity index is 5790. The molecule has 38 nitrogen and oxygen atoms in total. The van der Waals surface area contributed by atoms with Crippen molar-refractivity contribution in [3.8, 4) is 0 Å². The molecule has 14 heterocycles. The maximum Gasteiger partial charge on any atom is 0.291 e. The second kappa shape index (κ2) is 37.2. The number of unbranched alkanes of at least 4 members (excludes halogenated alkanes) is 1. The summed E-state index contributed by atoms with van der Waals surface area (Å²) in [5.74, 6) is -4.13. The number of carbonyl (C=O) groups excluding carboxylic acids is 15. The minimum absolute atomic E-state index is 0.0211. The van der Waals surface area contributed by atoms with Crippen molar-refractivity contribution in [1.29, 1.82) is 0 Å². The third kappa shape index (κ3) is 20.9. The molecule has 14 rings (SSSR count). The molecule has 4 bridgehead atoms. The van der Waals surface area contributed by atoms with Crippen LogP contribution in [0.15, 0.2) is 115 Å². The predicted molar refractivity (Wildman–Crippen MR) is 447 cm³/mol. The molecule has 0 saturated carbocycles. The zero-order valence-corrected chi connectivity index (χ0v) is 71.2. The lowest BCUT2D eigenvalue weighted by atomic mass is 9.89. The minimum Gasteiger partial charge on any atom is -0.351 e. The van der Waals surface area contributed by atoms with Crippen molar-refractivity contribution in [1.82, 2.24) is 82.3 Å². The van der Waals surface area contributed by atoms with Gasteiger partial charge in [0.25, 0.3) is 29.5 Å². The number of Topliss-reactive ketones (excluding diaryl/α,β-unsaturated/α-hetero) is 8. The number of aryl methyl sites for hydroxylation is 8.